The van der Waals surface area contributed by atoms with E-state index < -0.39 is 11.9 Å². The van der Waals surface area contributed by atoms with Crippen molar-refractivity contribution in [2.24, 2.45) is 0 Å². The van der Waals surface area contributed by atoms with E-state index in [-0.39, 0.29) is 10.5 Å². The standard InChI is InChI=1S/C12H10ClF3N2/c1-18(2)7-3-4-10-8(5-7)9(13)6-11(17-10)12(14,15)16/h3-6H,1-2H3. The zero-order valence-corrected chi connectivity index (χ0v) is 10.5. The first-order valence-corrected chi connectivity index (χ1v) is 5.51. The van der Waals surface area contributed by atoms with E-state index in [1.54, 1.807) is 12.1 Å². The maximum Gasteiger partial charge on any atom is 0.433 e. The molecular formula is C12H10ClF3N2. The number of rotatable bonds is 1. The number of anilines is 1. The molecule has 6 heteroatoms. The van der Waals surface area contributed by atoms with Crippen molar-refractivity contribution in [3.63, 3.8) is 0 Å². The fourth-order valence-electron chi connectivity index (χ4n) is 1.60. The highest BCUT2D eigenvalue weighted by atomic mass is 35.5. The number of alkyl halides is 3. The van der Waals surface area contributed by atoms with Crippen molar-refractivity contribution in [2.75, 3.05) is 19.0 Å². The maximum atomic E-state index is 12.6. The van der Waals surface area contributed by atoms with Gasteiger partial charge in [-0.15, -0.1) is 0 Å². The van der Waals surface area contributed by atoms with Gasteiger partial charge in [0, 0.05) is 25.2 Å². The summed E-state index contributed by atoms with van der Waals surface area (Å²) in [6.45, 7) is 0. The molecule has 0 bridgehead atoms. The van der Waals surface area contributed by atoms with E-state index >= 15 is 0 Å². The van der Waals surface area contributed by atoms with Crippen molar-refractivity contribution in [1.82, 2.24) is 4.98 Å². The summed E-state index contributed by atoms with van der Waals surface area (Å²) in [6, 6.07) is 5.80. The largest absolute Gasteiger partial charge is 0.433 e. The normalized spacial score (nSPS) is 11.9. The number of nitrogens with zero attached hydrogens (tertiary/aromatic N) is 2. The molecule has 0 amide bonds. The van der Waals surface area contributed by atoms with Crippen LogP contribution in [0.25, 0.3) is 10.9 Å². The van der Waals surface area contributed by atoms with Gasteiger partial charge >= 0.3 is 6.18 Å². The average Bonchev–Trinajstić information content (AvgIpc) is 2.27. The van der Waals surface area contributed by atoms with Gasteiger partial charge < -0.3 is 4.90 Å². The third-order valence-corrected chi connectivity index (χ3v) is 2.86. The molecule has 0 aliphatic heterocycles. The Hall–Kier alpha value is -1.49. The summed E-state index contributed by atoms with van der Waals surface area (Å²) in [5.41, 5.74) is 0.115. The van der Waals surface area contributed by atoms with Gasteiger partial charge in [-0.3, -0.25) is 0 Å². The molecule has 2 rings (SSSR count). The van der Waals surface area contributed by atoms with Crippen molar-refractivity contribution >= 4 is 28.2 Å². The first kappa shape index (κ1) is 13.0. The smallest absolute Gasteiger partial charge is 0.378 e. The van der Waals surface area contributed by atoms with Gasteiger partial charge in [0.25, 0.3) is 0 Å². The minimum atomic E-state index is -4.49. The topological polar surface area (TPSA) is 16.1 Å². The summed E-state index contributed by atoms with van der Waals surface area (Å²) >= 11 is 5.89. The van der Waals surface area contributed by atoms with Crippen LogP contribution in [0, 0.1) is 0 Å². The number of hydrogen-bond acceptors (Lipinski definition) is 2. The third kappa shape index (κ3) is 2.36. The monoisotopic (exact) mass is 274 g/mol. The van der Waals surface area contributed by atoms with E-state index in [2.05, 4.69) is 4.98 Å². The summed E-state index contributed by atoms with van der Waals surface area (Å²) in [5.74, 6) is 0. The molecule has 0 spiro atoms. The highest BCUT2D eigenvalue weighted by molar-refractivity contribution is 6.35. The van der Waals surface area contributed by atoms with E-state index in [1.807, 2.05) is 19.0 Å². The van der Waals surface area contributed by atoms with Crippen LogP contribution >= 0.6 is 11.6 Å². The van der Waals surface area contributed by atoms with Gasteiger partial charge in [0.2, 0.25) is 0 Å². The Morgan fingerprint density at radius 1 is 1.17 bits per heavy atom. The quantitative estimate of drug-likeness (QED) is 0.782. The lowest BCUT2D eigenvalue weighted by Crippen LogP contribution is -2.10. The van der Waals surface area contributed by atoms with Crippen molar-refractivity contribution in [3.05, 3.63) is 35.0 Å². The van der Waals surface area contributed by atoms with E-state index in [4.69, 9.17) is 11.6 Å². The van der Waals surface area contributed by atoms with E-state index in [0.717, 1.165) is 11.8 Å². The number of hydrogen-bond donors (Lipinski definition) is 0. The number of benzene rings is 1. The number of halogens is 4. The highest BCUT2D eigenvalue weighted by Crippen LogP contribution is 2.33. The van der Waals surface area contributed by atoms with E-state index in [1.165, 1.54) is 6.07 Å². The maximum absolute atomic E-state index is 12.6. The molecule has 1 aromatic heterocycles. The van der Waals surface area contributed by atoms with Gasteiger partial charge in [-0.1, -0.05) is 11.6 Å². The molecule has 0 unspecified atom stereocenters. The van der Waals surface area contributed by atoms with Crippen molar-refractivity contribution in [3.8, 4) is 0 Å². The molecule has 2 nitrogen and oxygen atoms in total. The molecule has 1 heterocycles. The number of pyridine rings is 1. The van der Waals surface area contributed by atoms with Crippen molar-refractivity contribution in [2.45, 2.75) is 6.18 Å². The summed E-state index contributed by atoms with van der Waals surface area (Å²) in [7, 11) is 3.68. The molecule has 0 atom stereocenters. The molecular weight excluding hydrogens is 265 g/mol. The van der Waals surface area contributed by atoms with Gasteiger partial charge in [-0.25, -0.2) is 4.98 Å². The predicted molar refractivity (Wildman–Crippen MR) is 66.1 cm³/mol. The summed E-state index contributed by atoms with van der Waals surface area (Å²) in [5, 5.41) is 0.562. The molecule has 2 aromatic rings. The minimum Gasteiger partial charge on any atom is -0.378 e. The van der Waals surface area contributed by atoms with E-state index in [0.29, 0.717) is 5.39 Å². The van der Waals surface area contributed by atoms with Crippen LogP contribution in [0.5, 0.6) is 0 Å². The van der Waals surface area contributed by atoms with Crippen LogP contribution in [-0.4, -0.2) is 19.1 Å². The third-order valence-electron chi connectivity index (χ3n) is 2.55. The Morgan fingerprint density at radius 3 is 2.39 bits per heavy atom. The zero-order valence-electron chi connectivity index (χ0n) is 9.72. The predicted octanol–water partition coefficient (Wildman–Crippen LogP) is 3.97. The second-order valence-corrected chi connectivity index (χ2v) is 4.49. The SMILES string of the molecule is CN(C)c1ccc2nc(C(F)(F)F)cc(Cl)c2c1. The Labute approximate surface area is 107 Å². The van der Waals surface area contributed by atoms with Crippen LogP contribution in [0.1, 0.15) is 5.69 Å². The lowest BCUT2D eigenvalue weighted by Gasteiger charge is -2.14. The Morgan fingerprint density at radius 2 is 1.83 bits per heavy atom. The van der Waals surface area contributed by atoms with Gasteiger partial charge in [-0.05, 0) is 24.3 Å². The first-order chi connectivity index (χ1) is 8.29. The van der Waals surface area contributed by atoms with Gasteiger partial charge in [0.15, 0.2) is 0 Å². The second kappa shape index (κ2) is 4.31. The fraction of sp³-hybridized carbons (Fsp3) is 0.250. The van der Waals surface area contributed by atoms with Crippen molar-refractivity contribution < 1.29 is 13.2 Å². The number of fused-ring (bicyclic) bond motifs is 1. The van der Waals surface area contributed by atoms with Crippen LogP contribution in [-0.2, 0) is 6.18 Å². The summed E-state index contributed by atoms with van der Waals surface area (Å²) in [6.07, 6.45) is -4.49. The van der Waals surface area contributed by atoms with Crippen LogP contribution < -0.4 is 4.90 Å². The Balaban J connectivity index is 2.66. The zero-order chi connectivity index (χ0) is 13.5. The highest BCUT2D eigenvalue weighted by Gasteiger charge is 2.33. The van der Waals surface area contributed by atoms with Gasteiger partial charge in [-0.2, -0.15) is 13.2 Å². The lowest BCUT2D eigenvalue weighted by atomic mass is 10.1. The van der Waals surface area contributed by atoms with Crippen LogP contribution in [0.4, 0.5) is 18.9 Å². The molecule has 0 aliphatic rings. The Bertz CT molecular complexity index is 594. The van der Waals surface area contributed by atoms with Crippen LogP contribution in [0.3, 0.4) is 0 Å². The van der Waals surface area contributed by atoms with Crippen LogP contribution in [0.15, 0.2) is 24.3 Å². The molecule has 0 N–H and O–H groups in total. The second-order valence-electron chi connectivity index (χ2n) is 4.08. The molecule has 0 fully saturated rings. The first-order valence-electron chi connectivity index (χ1n) is 5.14. The molecule has 0 saturated heterocycles. The fourth-order valence-corrected chi connectivity index (χ4v) is 1.85. The number of aromatic nitrogens is 1. The molecule has 96 valence electrons. The summed E-state index contributed by atoms with van der Waals surface area (Å²) < 4.78 is 37.7. The van der Waals surface area contributed by atoms with E-state index in [9.17, 15) is 13.2 Å². The average molecular weight is 275 g/mol. The van der Waals surface area contributed by atoms with Crippen LogP contribution in [0.2, 0.25) is 5.02 Å². The van der Waals surface area contributed by atoms with Gasteiger partial charge in [0.1, 0.15) is 5.69 Å². The molecule has 18 heavy (non-hydrogen) atoms. The van der Waals surface area contributed by atoms with Gasteiger partial charge in [0.05, 0.1) is 10.5 Å². The van der Waals surface area contributed by atoms with Crippen molar-refractivity contribution in [1.29, 1.82) is 0 Å². The summed E-state index contributed by atoms with van der Waals surface area (Å²) in [4.78, 5) is 5.42. The molecule has 0 saturated carbocycles. The Kier molecular flexibility index (Phi) is 3.11. The molecule has 0 radical (unpaired) electrons. The lowest BCUT2D eigenvalue weighted by molar-refractivity contribution is -0.140. The minimum absolute atomic E-state index is 0.0519. The molecule has 0 aliphatic carbocycles. The molecule has 1 aromatic carbocycles.